The van der Waals surface area contributed by atoms with E-state index in [-0.39, 0.29) is 0 Å². The molecule has 0 aliphatic carbocycles. The molecule has 0 saturated heterocycles. The molecule has 10 heavy (non-hydrogen) atoms. The highest BCUT2D eigenvalue weighted by Gasteiger charge is 1.97. The van der Waals surface area contributed by atoms with Crippen molar-refractivity contribution in [3.63, 3.8) is 0 Å². The Morgan fingerprint density at radius 1 is 1.70 bits per heavy atom. The molecular formula is C7H10INO. The van der Waals surface area contributed by atoms with Crippen LogP contribution in [0.15, 0.2) is 10.6 Å². The number of nitrogens with zero attached hydrogens (tertiary/aromatic N) is 1. The third-order valence-electron chi connectivity index (χ3n) is 1.24. The molecule has 56 valence electrons. The molecule has 0 radical (unpaired) electrons. The van der Waals surface area contributed by atoms with Crippen LogP contribution in [-0.2, 0) is 6.42 Å². The highest BCUT2D eigenvalue weighted by molar-refractivity contribution is 14.1. The van der Waals surface area contributed by atoms with Crippen LogP contribution >= 0.6 is 22.6 Å². The van der Waals surface area contributed by atoms with Gasteiger partial charge in [-0.15, -0.1) is 0 Å². The molecule has 0 atom stereocenters. The predicted molar refractivity (Wildman–Crippen MR) is 48.4 cm³/mol. The van der Waals surface area contributed by atoms with Gasteiger partial charge in [-0.1, -0.05) is 27.7 Å². The van der Waals surface area contributed by atoms with Crippen molar-refractivity contribution in [3.05, 3.63) is 17.5 Å². The maximum Gasteiger partial charge on any atom is 0.133 e. The van der Waals surface area contributed by atoms with Gasteiger partial charge in [0.1, 0.15) is 5.76 Å². The topological polar surface area (TPSA) is 26.0 Å². The van der Waals surface area contributed by atoms with E-state index in [1.807, 2.05) is 13.0 Å². The van der Waals surface area contributed by atoms with Gasteiger partial charge in [0.05, 0.1) is 5.69 Å². The van der Waals surface area contributed by atoms with Gasteiger partial charge in [-0.25, -0.2) is 0 Å². The Balaban J connectivity index is 2.42. The molecule has 1 aromatic heterocycles. The second-order valence-electron chi connectivity index (χ2n) is 2.22. The van der Waals surface area contributed by atoms with Crippen molar-refractivity contribution in [1.82, 2.24) is 5.16 Å². The Morgan fingerprint density at radius 3 is 3.00 bits per heavy atom. The lowest BCUT2D eigenvalue weighted by atomic mass is 10.2. The van der Waals surface area contributed by atoms with Gasteiger partial charge in [0.2, 0.25) is 0 Å². The lowest BCUT2D eigenvalue weighted by Gasteiger charge is -1.87. The van der Waals surface area contributed by atoms with Crippen molar-refractivity contribution in [2.75, 3.05) is 4.43 Å². The molecule has 1 aromatic rings. The second kappa shape index (κ2) is 3.95. The number of hydrogen-bond acceptors (Lipinski definition) is 2. The molecule has 0 unspecified atom stereocenters. The van der Waals surface area contributed by atoms with Gasteiger partial charge in [0.15, 0.2) is 0 Å². The van der Waals surface area contributed by atoms with Gasteiger partial charge in [-0.3, -0.25) is 0 Å². The molecule has 1 heterocycles. The number of hydrogen-bond donors (Lipinski definition) is 0. The highest BCUT2D eigenvalue weighted by atomic mass is 127. The van der Waals surface area contributed by atoms with Crippen molar-refractivity contribution in [2.45, 2.75) is 19.8 Å². The molecule has 0 amide bonds. The highest BCUT2D eigenvalue weighted by Crippen LogP contribution is 2.04. The molecule has 0 aliphatic rings. The quantitative estimate of drug-likeness (QED) is 0.608. The van der Waals surface area contributed by atoms with E-state index in [9.17, 15) is 0 Å². The monoisotopic (exact) mass is 251 g/mol. The lowest BCUT2D eigenvalue weighted by Crippen LogP contribution is -1.84. The standard InChI is InChI=1S/C7H10INO/c1-6-5-7(9-10-6)3-2-4-8/h5H,2-4H2,1H3. The van der Waals surface area contributed by atoms with Gasteiger partial charge in [0, 0.05) is 6.07 Å². The van der Waals surface area contributed by atoms with Gasteiger partial charge in [-0.05, 0) is 24.2 Å². The van der Waals surface area contributed by atoms with Crippen molar-refractivity contribution >= 4 is 22.6 Å². The molecule has 0 aliphatic heterocycles. The van der Waals surface area contributed by atoms with Crippen LogP contribution in [0.1, 0.15) is 17.9 Å². The number of rotatable bonds is 3. The summed E-state index contributed by atoms with van der Waals surface area (Å²) in [5.41, 5.74) is 1.08. The summed E-state index contributed by atoms with van der Waals surface area (Å²) in [7, 11) is 0. The maximum absolute atomic E-state index is 4.91. The Bertz CT molecular complexity index is 197. The average Bonchev–Trinajstić information content (AvgIpc) is 2.31. The van der Waals surface area contributed by atoms with E-state index in [0.717, 1.165) is 17.9 Å². The van der Waals surface area contributed by atoms with Crippen LogP contribution in [0, 0.1) is 6.92 Å². The SMILES string of the molecule is Cc1cc(CCCI)no1. The minimum atomic E-state index is 0.906. The largest absolute Gasteiger partial charge is 0.361 e. The molecule has 0 spiro atoms. The van der Waals surface area contributed by atoms with E-state index in [2.05, 4.69) is 27.7 Å². The van der Waals surface area contributed by atoms with E-state index in [1.54, 1.807) is 0 Å². The van der Waals surface area contributed by atoms with Crippen molar-refractivity contribution < 1.29 is 4.52 Å². The first-order valence-electron chi connectivity index (χ1n) is 3.31. The summed E-state index contributed by atoms with van der Waals surface area (Å²) < 4.78 is 6.09. The third-order valence-corrected chi connectivity index (χ3v) is 2.01. The van der Waals surface area contributed by atoms with Gasteiger partial charge in [0.25, 0.3) is 0 Å². The Hall–Kier alpha value is -0.0600. The van der Waals surface area contributed by atoms with Crippen LogP contribution in [0.2, 0.25) is 0 Å². The molecule has 0 N–H and O–H groups in total. The zero-order valence-electron chi connectivity index (χ0n) is 5.93. The molecule has 0 fully saturated rings. The number of alkyl halides is 1. The van der Waals surface area contributed by atoms with E-state index in [0.29, 0.717) is 0 Å². The number of halogens is 1. The van der Waals surface area contributed by atoms with Crippen molar-refractivity contribution in [2.24, 2.45) is 0 Å². The van der Waals surface area contributed by atoms with Gasteiger partial charge in [-0.2, -0.15) is 0 Å². The zero-order valence-corrected chi connectivity index (χ0v) is 8.09. The van der Waals surface area contributed by atoms with E-state index in [1.165, 1.54) is 10.8 Å². The molecule has 3 heteroatoms. The fraction of sp³-hybridized carbons (Fsp3) is 0.571. The summed E-state index contributed by atoms with van der Waals surface area (Å²) in [4.78, 5) is 0. The minimum absolute atomic E-state index is 0.906. The van der Waals surface area contributed by atoms with Crippen LogP contribution in [0.3, 0.4) is 0 Å². The molecular weight excluding hydrogens is 241 g/mol. The summed E-state index contributed by atoms with van der Waals surface area (Å²) in [6.45, 7) is 1.92. The Morgan fingerprint density at radius 2 is 2.50 bits per heavy atom. The molecule has 0 saturated carbocycles. The fourth-order valence-corrected chi connectivity index (χ4v) is 1.17. The third kappa shape index (κ3) is 2.28. The van der Waals surface area contributed by atoms with E-state index < -0.39 is 0 Å². The zero-order chi connectivity index (χ0) is 7.40. The average molecular weight is 251 g/mol. The first-order valence-corrected chi connectivity index (χ1v) is 4.83. The summed E-state index contributed by atoms with van der Waals surface area (Å²) in [6, 6.07) is 1.99. The molecule has 1 rings (SSSR count). The number of aryl methyl sites for hydroxylation is 2. The fourth-order valence-electron chi connectivity index (χ4n) is 0.784. The van der Waals surface area contributed by atoms with E-state index >= 15 is 0 Å². The van der Waals surface area contributed by atoms with Crippen molar-refractivity contribution in [3.8, 4) is 0 Å². The number of aromatic nitrogens is 1. The summed E-state index contributed by atoms with van der Waals surface area (Å²) in [5.74, 6) is 0.906. The van der Waals surface area contributed by atoms with E-state index in [4.69, 9.17) is 4.52 Å². The predicted octanol–water partition coefficient (Wildman–Crippen LogP) is 2.35. The summed E-state index contributed by atoms with van der Waals surface area (Å²) in [6.07, 6.45) is 2.23. The van der Waals surface area contributed by atoms with Crippen molar-refractivity contribution in [1.29, 1.82) is 0 Å². The molecule has 0 bridgehead atoms. The first-order chi connectivity index (χ1) is 4.83. The van der Waals surface area contributed by atoms with Crippen LogP contribution in [0.4, 0.5) is 0 Å². The minimum Gasteiger partial charge on any atom is -0.361 e. The van der Waals surface area contributed by atoms with Gasteiger partial charge < -0.3 is 4.52 Å². The molecule has 0 aromatic carbocycles. The summed E-state index contributed by atoms with van der Waals surface area (Å²) >= 11 is 2.36. The smallest absolute Gasteiger partial charge is 0.133 e. The Kier molecular flexibility index (Phi) is 3.18. The van der Waals surface area contributed by atoms with Crippen LogP contribution in [0.25, 0.3) is 0 Å². The lowest BCUT2D eigenvalue weighted by molar-refractivity contribution is 0.390. The van der Waals surface area contributed by atoms with Crippen LogP contribution in [0.5, 0.6) is 0 Å². The van der Waals surface area contributed by atoms with Crippen LogP contribution < -0.4 is 0 Å². The van der Waals surface area contributed by atoms with Crippen LogP contribution in [-0.4, -0.2) is 9.58 Å². The molecule has 2 nitrogen and oxygen atoms in total. The second-order valence-corrected chi connectivity index (χ2v) is 3.30. The van der Waals surface area contributed by atoms with Gasteiger partial charge >= 0.3 is 0 Å². The maximum atomic E-state index is 4.91. The summed E-state index contributed by atoms with van der Waals surface area (Å²) in [5, 5.41) is 3.87. The Labute approximate surface area is 74.1 Å². The first kappa shape index (κ1) is 8.04. The normalized spacial score (nSPS) is 10.2.